The molecule has 3 N–H and O–H groups in total. The lowest BCUT2D eigenvalue weighted by Gasteiger charge is -2.08. The molecule has 0 aliphatic carbocycles. The van der Waals surface area contributed by atoms with Crippen LogP contribution in [0, 0.1) is 6.92 Å². The summed E-state index contributed by atoms with van der Waals surface area (Å²) in [6, 6.07) is 0.384. The van der Waals surface area contributed by atoms with Crippen LogP contribution in [0.15, 0.2) is 5.51 Å². The minimum atomic E-state index is 0.186. The Kier molecular flexibility index (Phi) is 5.64. The molecule has 21 heavy (non-hydrogen) atoms. The van der Waals surface area contributed by atoms with Gasteiger partial charge in [0.15, 0.2) is 0 Å². The quantitative estimate of drug-likeness (QED) is 0.555. The molecule has 0 unspecified atom stereocenters. The molecule has 0 amide bonds. The molecule has 0 aromatic carbocycles. The van der Waals surface area contributed by atoms with E-state index >= 15 is 0 Å². The van der Waals surface area contributed by atoms with Crippen LogP contribution in [0.4, 0.5) is 5.95 Å². The summed E-state index contributed by atoms with van der Waals surface area (Å²) < 4.78 is 10.9. The third-order valence-corrected chi connectivity index (χ3v) is 3.56. The zero-order valence-corrected chi connectivity index (χ0v) is 12.8. The molecular formula is C12H18N6O2S. The van der Waals surface area contributed by atoms with Crippen LogP contribution in [0.25, 0.3) is 0 Å². The van der Waals surface area contributed by atoms with Gasteiger partial charge in [-0.15, -0.1) is 16.3 Å². The Bertz CT molecular complexity index is 577. The van der Waals surface area contributed by atoms with Gasteiger partial charge in [0.2, 0.25) is 5.95 Å². The molecule has 0 aliphatic heterocycles. The van der Waals surface area contributed by atoms with Gasteiger partial charge in [0.25, 0.3) is 0 Å². The highest BCUT2D eigenvalue weighted by Gasteiger charge is 2.09. The van der Waals surface area contributed by atoms with E-state index in [4.69, 9.17) is 15.3 Å². The highest BCUT2D eigenvalue weighted by Crippen LogP contribution is 2.15. The van der Waals surface area contributed by atoms with Gasteiger partial charge in [-0.05, 0) is 13.3 Å². The summed E-state index contributed by atoms with van der Waals surface area (Å²) in [5.74, 6) is 5.53. The molecule has 0 atom stereocenters. The van der Waals surface area contributed by atoms with Crippen LogP contribution >= 0.6 is 11.3 Å². The first kappa shape index (κ1) is 15.4. The van der Waals surface area contributed by atoms with E-state index in [2.05, 4.69) is 25.4 Å². The van der Waals surface area contributed by atoms with Crippen LogP contribution in [0.3, 0.4) is 0 Å². The Balaban J connectivity index is 1.96. The average Bonchev–Trinajstić information content (AvgIpc) is 2.90. The lowest BCUT2D eigenvalue weighted by atomic mass is 10.3. The lowest BCUT2D eigenvalue weighted by molar-refractivity contribution is 0.264. The number of thiazole rings is 1. The Morgan fingerprint density at radius 3 is 2.48 bits per heavy atom. The summed E-state index contributed by atoms with van der Waals surface area (Å²) in [5, 5.41) is 0. The molecule has 2 rings (SSSR count). The Morgan fingerprint density at radius 2 is 1.90 bits per heavy atom. The molecule has 2 aromatic heterocycles. The zero-order valence-electron chi connectivity index (χ0n) is 12.0. The fourth-order valence-electron chi connectivity index (χ4n) is 1.53. The molecule has 0 radical (unpaired) electrons. The van der Waals surface area contributed by atoms with Crippen molar-refractivity contribution in [3.05, 3.63) is 16.1 Å². The van der Waals surface area contributed by atoms with E-state index in [1.54, 1.807) is 11.3 Å². The number of anilines is 1. The minimum absolute atomic E-state index is 0.186. The third kappa shape index (κ3) is 4.50. The maximum Gasteiger partial charge on any atom is 0.324 e. The lowest BCUT2D eigenvalue weighted by Crippen LogP contribution is -2.14. The van der Waals surface area contributed by atoms with Crippen molar-refractivity contribution in [1.29, 1.82) is 0 Å². The monoisotopic (exact) mass is 310 g/mol. The second-order valence-corrected chi connectivity index (χ2v) is 5.12. The molecule has 114 valence electrons. The van der Waals surface area contributed by atoms with Crippen LogP contribution in [0.2, 0.25) is 0 Å². The van der Waals surface area contributed by atoms with E-state index in [1.165, 1.54) is 4.88 Å². The number of ether oxygens (including phenoxy) is 2. The molecule has 8 nitrogen and oxygen atoms in total. The number of nitrogens with zero attached hydrogens (tertiary/aromatic N) is 4. The van der Waals surface area contributed by atoms with Gasteiger partial charge in [0.1, 0.15) is 0 Å². The molecule has 2 aromatic rings. The Hall–Kier alpha value is -2.00. The number of hydrogen-bond donors (Lipinski definition) is 2. The van der Waals surface area contributed by atoms with Crippen LogP contribution < -0.4 is 20.7 Å². The second-order valence-electron chi connectivity index (χ2n) is 4.18. The fraction of sp³-hybridized carbons (Fsp3) is 0.500. The third-order valence-electron chi connectivity index (χ3n) is 2.56. The van der Waals surface area contributed by atoms with Gasteiger partial charge in [-0.25, -0.2) is 10.8 Å². The summed E-state index contributed by atoms with van der Waals surface area (Å²) in [7, 11) is 0. The number of aryl methyl sites for hydroxylation is 1. The molecular weight excluding hydrogens is 292 g/mol. The number of nitrogen functional groups attached to an aromatic ring is 1. The molecule has 0 aliphatic rings. The number of hydrogen-bond acceptors (Lipinski definition) is 9. The van der Waals surface area contributed by atoms with Gasteiger partial charge < -0.3 is 9.47 Å². The van der Waals surface area contributed by atoms with Crippen molar-refractivity contribution in [2.75, 3.05) is 18.6 Å². The molecule has 0 bridgehead atoms. The number of rotatable bonds is 8. The topological polar surface area (TPSA) is 108 Å². The largest absolute Gasteiger partial charge is 0.463 e. The second kappa shape index (κ2) is 7.70. The summed E-state index contributed by atoms with van der Waals surface area (Å²) in [6.45, 7) is 4.94. The number of nitrogens with two attached hydrogens (primary N) is 1. The van der Waals surface area contributed by atoms with Crippen molar-refractivity contribution in [1.82, 2.24) is 19.9 Å². The van der Waals surface area contributed by atoms with E-state index < -0.39 is 0 Å². The molecule has 2 heterocycles. The van der Waals surface area contributed by atoms with Crippen molar-refractivity contribution in [2.24, 2.45) is 5.84 Å². The highest BCUT2D eigenvalue weighted by atomic mass is 32.1. The summed E-state index contributed by atoms with van der Waals surface area (Å²) in [6.07, 6.45) is 1.61. The summed E-state index contributed by atoms with van der Waals surface area (Å²) >= 11 is 1.61. The van der Waals surface area contributed by atoms with Crippen molar-refractivity contribution in [2.45, 2.75) is 26.7 Å². The molecule has 0 saturated carbocycles. The highest BCUT2D eigenvalue weighted by molar-refractivity contribution is 7.09. The maximum atomic E-state index is 5.54. The van der Waals surface area contributed by atoms with Crippen LogP contribution in [0.5, 0.6) is 12.0 Å². The molecule has 9 heteroatoms. The fourth-order valence-corrected chi connectivity index (χ4v) is 2.29. The van der Waals surface area contributed by atoms with Gasteiger partial charge in [-0.1, -0.05) is 6.92 Å². The van der Waals surface area contributed by atoms with Gasteiger partial charge in [-0.2, -0.15) is 9.97 Å². The number of aromatic nitrogens is 4. The predicted octanol–water partition coefficient (Wildman–Crippen LogP) is 1.33. The van der Waals surface area contributed by atoms with Crippen LogP contribution in [-0.2, 0) is 6.42 Å². The van der Waals surface area contributed by atoms with Gasteiger partial charge in [0.05, 0.1) is 24.4 Å². The maximum absolute atomic E-state index is 5.54. The van der Waals surface area contributed by atoms with Crippen molar-refractivity contribution >= 4 is 17.3 Å². The molecule has 0 saturated heterocycles. The van der Waals surface area contributed by atoms with Crippen molar-refractivity contribution < 1.29 is 9.47 Å². The average molecular weight is 310 g/mol. The molecule has 0 spiro atoms. The summed E-state index contributed by atoms with van der Waals surface area (Å²) in [5.41, 5.74) is 5.21. The van der Waals surface area contributed by atoms with Crippen LogP contribution in [0.1, 0.15) is 23.9 Å². The van der Waals surface area contributed by atoms with Crippen molar-refractivity contribution in [3.8, 4) is 12.0 Å². The predicted molar refractivity (Wildman–Crippen MR) is 79.5 cm³/mol. The van der Waals surface area contributed by atoms with Gasteiger partial charge >= 0.3 is 12.0 Å². The first-order valence-corrected chi connectivity index (χ1v) is 7.48. The Morgan fingerprint density at radius 1 is 1.19 bits per heavy atom. The standard InChI is InChI=1S/C12H18N6O2S/c1-3-5-19-11-15-10(18-13)16-12(17-11)20-6-4-9-8(2)14-7-21-9/h7H,3-6,13H2,1-2H3,(H,15,16,17,18). The minimum Gasteiger partial charge on any atom is -0.463 e. The van der Waals surface area contributed by atoms with E-state index in [-0.39, 0.29) is 18.0 Å². The van der Waals surface area contributed by atoms with E-state index in [0.29, 0.717) is 13.2 Å². The zero-order chi connectivity index (χ0) is 15.1. The number of nitrogens with one attached hydrogen (secondary N) is 1. The normalized spacial score (nSPS) is 10.4. The van der Waals surface area contributed by atoms with Gasteiger partial charge in [0, 0.05) is 11.3 Å². The molecule has 0 fully saturated rings. The van der Waals surface area contributed by atoms with Crippen LogP contribution in [-0.4, -0.2) is 33.1 Å². The smallest absolute Gasteiger partial charge is 0.324 e. The SMILES string of the molecule is CCCOc1nc(NN)nc(OCCc2scnc2C)n1. The van der Waals surface area contributed by atoms with Gasteiger partial charge in [-0.3, -0.25) is 5.43 Å². The first-order chi connectivity index (χ1) is 10.2. The van der Waals surface area contributed by atoms with E-state index in [9.17, 15) is 0 Å². The van der Waals surface area contributed by atoms with Crippen molar-refractivity contribution in [3.63, 3.8) is 0 Å². The van der Waals surface area contributed by atoms with E-state index in [0.717, 1.165) is 18.5 Å². The summed E-state index contributed by atoms with van der Waals surface area (Å²) in [4.78, 5) is 17.5. The van der Waals surface area contributed by atoms with E-state index in [1.807, 2.05) is 19.4 Å². The first-order valence-electron chi connectivity index (χ1n) is 6.60. The Labute approximate surface area is 126 Å². The number of hydrazine groups is 1.